The maximum absolute atomic E-state index is 11.8. The zero-order chi connectivity index (χ0) is 14.5. The van der Waals surface area contributed by atoms with Gasteiger partial charge in [0.25, 0.3) is 5.91 Å². The number of nitrogens with one attached hydrogen (secondary N) is 1. The molecule has 4 nitrogen and oxygen atoms in total. The summed E-state index contributed by atoms with van der Waals surface area (Å²) in [6.07, 6.45) is 5.59. The van der Waals surface area contributed by atoms with E-state index >= 15 is 0 Å². The minimum Gasteiger partial charge on any atom is -0.472 e. The highest BCUT2D eigenvalue weighted by atomic mass is 16.3. The van der Waals surface area contributed by atoms with Gasteiger partial charge < -0.3 is 9.73 Å². The molecule has 2 aromatic rings. The molecule has 0 atom stereocenters. The molecule has 1 aromatic carbocycles. The standard InChI is InChI=1S/C17H20N2O2/c20-17(16-7-10-21-13-16)18-11-14-3-5-15(6-4-14)12-19-8-1-2-9-19/h3-7,10,13H,1-2,8-9,11-12H2,(H,18,20). The third kappa shape index (κ3) is 3.73. The summed E-state index contributed by atoms with van der Waals surface area (Å²) in [5, 5.41) is 2.88. The lowest BCUT2D eigenvalue weighted by Gasteiger charge is -2.14. The summed E-state index contributed by atoms with van der Waals surface area (Å²) in [6, 6.07) is 10.1. The number of carbonyl (C=O) groups is 1. The molecule has 0 unspecified atom stereocenters. The summed E-state index contributed by atoms with van der Waals surface area (Å²) in [6.45, 7) is 3.99. The molecule has 0 saturated carbocycles. The molecular formula is C17H20N2O2. The van der Waals surface area contributed by atoms with E-state index in [4.69, 9.17) is 4.42 Å². The smallest absolute Gasteiger partial charge is 0.254 e. The quantitative estimate of drug-likeness (QED) is 0.918. The highest BCUT2D eigenvalue weighted by Crippen LogP contribution is 2.13. The number of benzene rings is 1. The van der Waals surface area contributed by atoms with Gasteiger partial charge in [0, 0.05) is 13.1 Å². The number of rotatable bonds is 5. The molecular weight excluding hydrogens is 264 g/mol. The van der Waals surface area contributed by atoms with E-state index in [9.17, 15) is 4.79 Å². The summed E-state index contributed by atoms with van der Waals surface area (Å²) >= 11 is 0. The summed E-state index contributed by atoms with van der Waals surface area (Å²) in [7, 11) is 0. The molecule has 0 spiro atoms. The van der Waals surface area contributed by atoms with E-state index in [2.05, 4.69) is 34.5 Å². The second-order valence-electron chi connectivity index (χ2n) is 5.49. The average molecular weight is 284 g/mol. The van der Waals surface area contributed by atoms with Crippen LogP contribution in [-0.2, 0) is 13.1 Å². The number of amides is 1. The first-order valence-corrected chi connectivity index (χ1v) is 7.42. The van der Waals surface area contributed by atoms with Gasteiger partial charge in [0.15, 0.2) is 0 Å². The Kier molecular flexibility index (Phi) is 4.36. The van der Waals surface area contributed by atoms with Crippen molar-refractivity contribution in [3.63, 3.8) is 0 Å². The number of likely N-dealkylation sites (tertiary alicyclic amines) is 1. The molecule has 4 heteroatoms. The summed E-state index contributed by atoms with van der Waals surface area (Å²) in [4.78, 5) is 14.3. The van der Waals surface area contributed by atoms with Gasteiger partial charge in [-0.05, 0) is 43.1 Å². The zero-order valence-electron chi connectivity index (χ0n) is 12.0. The van der Waals surface area contributed by atoms with Crippen LogP contribution in [0.2, 0.25) is 0 Å². The Morgan fingerprint density at radius 2 is 1.81 bits per heavy atom. The Labute approximate surface area is 124 Å². The van der Waals surface area contributed by atoms with Gasteiger partial charge in [-0.1, -0.05) is 24.3 Å². The Morgan fingerprint density at radius 1 is 1.10 bits per heavy atom. The lowest BCUT2D eigenvalue weighted by Crippen LogP contribution is -2.22. The van der Waals surface area contributed by atoms with Gasteiger partial charge in [0.1, 0.15) is 6.26 Å². The minimum absolute atomic E-state index is 0.107. The molecule has 0 bridgehead atoms. The molecule has 1 fully saturated rings. The minimum atomic E-state index is -0.107. The maximum atomic E-state index is 11.8. The Bertz CT molecular complexity index is 569. The molecule has 1 amide bonds. The fraction of sp³-hybridized carbons (Fsp3) is 0.353. The Balaban J connectivity index is 1.51. The van der Waals surface area contributed by atoms with Crippen LogP contribution < -0.4 is 5.32 Å². The summed E-state index contributed by atoms with van der Waals surface area (Å²) in [5.74, 6) is -0.107. The molecule has 110 valence electrons. The fourth-order valence-electron chi connectivity index (χ4n) is 2.64. The first kappa shape index (κ1) is 13.9. The van der Waals surface area contributed by atoms with Gasteiger partial charge in [-0.2, -0.15) is 0 Å². The third-order valence-electron chi connectivity index (χ3n) is 3.86. The molecule has 0 radical (unpaired) electrons. The van der Waals surface area contributed by atoms with Crippen molar-refractivity contribution in [3.8, 4) is 0 Å². The van der Waals surface area contributed by atoms with Crippen molar-refractivity contribution in [1.82, 2.24) is 10.2 Å². The van der Waals surface area contributed by atoms with E-state index in [1.165, 1.54) is 44.0 Å². The first-order valence-electron chi connectivity index (χ1n) is 7.42. The molecule has 2 heterocycles. The van der Waals surface area contributed by atoms with E-state index in [0.29, 0.717) is 12.1 Å². The molecule has 1 aliphatic heterocycles. The average Bonchev–Trinajstić information content (AvgIpc) is 3.19. The van der Waals surface area contributed by atoms with Gasteiger partial charge in [-0.3, -0.25) is 9.69 Å². The molecule has 21 heavy (non-hydrogen) atoms. The van der Waals surface area contributed by atoms with E-state index in [1.54, 1.807) is 6.07 Å². The van der Waals surface area contributed by atoms with Crippen molar-refractivity contribution >= 4 is 5.91 Å². The van der Waals surface area contributed by atoms with Crippen LogP contribution in [0, 0.1) is 0 Å². The van der Waals surface area contributed by atoms with Crippen LogP contribution in [0.15, 0.2) is 47.3 Å². The van der Waals surface area contributed by atoms with Crippen LogP contribution >= 0.6 is 0 Å². The van der Waals surface area contributed by atoms with E-state index in [-0.39, 0.29) is 5.91 Å². The molecule has 1 N–H and O–H groups in total. The van der Waals surface area contributed by atoms with Crippen LogP contribution in [0.4, 0.5) is 0 Å². The lowest BCUT2D eigenvalue weighted by molar-refractivity contribution is 0.0950. The molecule has 1 saturated heterocycles. The summed E-state index contributed by atoms with van der Waals surface area (Å²) < 4.78 is 4.90. The summed E-state index contributed by atoms with van der Waals surface area (Å²) in [5.41, 5.74) is 3.00. The Hall–Kier alpha value is -2.07. The normalized spacial score (nSPS) is 15.2. The van der Waals surface area contributed by atoms with Gasteiger partial charge in [0.2, 0.25) is 0 Å². The molecule has 1 aliphatic rings. The van der Waals surface area contributed by atoms with Crippen molar-refractivity contribution in [1.29, 1.82) is 0 Å². The fourth-order valence-corrected chi connectivity index (χ4v) is 2.64. The molecule has 1 aromatic heterocycles. The van der Waals surface area contributed by atoms with Crippen molar-refractivity contribution in [3.05, 3.63) is 59.5 Å². The second-order valence-corrected chi connectivity index (χ2v) is 5.49. The molecule has 0 aliphatic carbocycles. The monoisotopic (exact) mass is 284 g/mol. The van der Waals surface area contributed by atoms with Crippen molar-refractivity contribution in [2.75, 3.05) is 13.1 Å². The second kappa shape index (κ2) is 6.59. The van der Waals surface area contributed by atoms with Crippen LogP contribution in [0.5, 0.6) is 0 Å². The highest BCUT2D eigenvalue weighted by Gasteiger charge is 2.11. The van der Waals surface area contributed by atoms with Gasteiger partial charge in [0.05, 0.1) is 11.8 Å². The van der Waals surface area contributed by atoms with Gasteiger partial charge in [-0.25, -0.2) is 0 Å². The Morgan fingerprint density at radius 3 is 2.48 bits per heavy atom. The molecule has 3 rings (SSSR count). The topological polar surface area (TPSA) is 45.5 Å². The highest BCUT2D eigenvalue weighted by molar-refractivity contribution is 5.93. The van der Waals surface area contributed by atoms with Gasteiger partial charge in [-0.15, -0.1) is 0 Å². The first-order chi connectivity index (χ1) is 10.3. The van der Waals surface area contributed by atoms with Crippen LogP contribution in [0.25, 0.3) is 0 Å². The van der Waals surface area contributed by atoms with Crippen molar-refractivity contribution in [2.24, 2.45) is 0 Å². The lowest BCUT2D eigenvalue weighted by atomic mass is 10.1. The van der Waals surface area contributed by atoms with E-state index < -0.39 is 0 Å². The van der Waals surface area contributed by atoms with Crippen LogP contribution in [0.3, 0.4) is 0 Å². The van der Waals surface area contributed by atoms with Crippen LogP contribution in [0.1, 0.15) is 34.3 Å². The third-order valence-corrected chi connectivity index (χ3v) is 3.86. The van der Waals surface area contributed by atoms with E-state index in [0.717, 1.165) is 12.1 Å². The largest absolute Gasteiger partial charge is 0.472 e. The number of hydrogen-bond donors (Lipinski definition) is 1. The van der Waals surface area contributed by atoms with Crippen molar-refractivity contribution < 1.29 is 9.21 Å². The maximum Gasteiger partial charge on any atom is 0.254 e. The van der Waals surface area contributed by atoms with Crippen molar-refractivity contribution in [2.45, 2.75) is 25.9 Å². The van der Waals surface area contributed by atoms with E-state index in [1.807, 2.05) is 0 Å². The number of nitrogens with zero attached hydrogens (tertiary/aromatic N) is 1. The number of hydrogen-bond acceptors (Lipinski definition) is 3. The van der Waals surface area contributed by atoms with Crippen LogP contribution in [-0.4, -0.2) is 23.9 Å². The number of carbonyl (C=O) groups excluding carboxylic acids is 1. The predicted octanol–water partition coefficient (Wildman–Crippen LogP) is 2.81. The SMILES string of the molecule is O=C(NCc1ccc(CN2CCCC2)cc1)c1ccoc1. The number of furan rings is 1. The van der Waals surface area contributed by atoms with Gasteiger partial charge >= 0.3 is 0 Å². The predicted molar refractivity (Wildman–Crippen MR) is 80.8 cm³/mol. The zero-order valence-corrected chi connectivity index (χ0v) is 12.0.